The van der Waals surface area contributed by atoms with Gasteiger partial charge in [-0.3, -0.25) is 4.79 Å². The average Bonchev–Trinajstić information content (AvgIpc) is 2.43. The summed E-state index contributed by atoms with van der Waals surface area (Å²) in [4.78, 5) is 18.4. The highest BCUT2D eigenvalue weighted by atomic mass is 16.1. The summed E-state index contributed by atoms with van der Waals surface area (Å²) in [6, 6.07) is 11.3. The first-order valence-electron chi connectivity index (χ1n) is 6.50. The molecule has 0 atom stereocenters. The molecule has 2 rings (SSSR count). The van der Waals surface area contributed by atoms with E-state index >= 15 is 0 Å². The Hall–Kier alpha value is -2.36. The number of hydrogen-bond donors (Lipinski definition) is 1. The van der Waals surface area contributed by atoms with E-state index in [4.69, 9.17) is 0 Å². The molecule has 0 fully saturated rings. The molecule has 4 nitrogen and oxygen atoms in total. The van der Waals surface area contributed by atoms with Gasteiger partial charge in [0, 0.05) is 19.8 Å². The SMILES string of the molecule is Cc1ccc(NC(=O)c2cccc(N(C)C)n2)cc1C. The van der Waals surface area contributed by atoms with Crippen molar-refractivity contribution >= 4 is 17.4 Å². The third-order valence-electron chi connectivity index (χ3n) is 3.19. The molecule has 1 N–H and O–H groups in total. The quantitative estimate of drug-likeness (QED) is 0.931. The third-order valence-corrected chi connectivity index (χ3v) is 3.19. The van der Waals surface area contributed by atoms with Crippen molar-refractivity contribution in [3.63, 3.8) is 0 Å². The van der Waals surface area contributed by atoms with Crippen molar-refractivity contribution in [2.24, 2.45) is 0 Å². The Labute approximate surface area is 119 Å². The van der Waals surface area contributed by atoms with Crippen molar-refractivity contribution in [2.75, 3.05) is 24.3 Å². The van der Waals surface area contributed by atoms with Gasteiger partial charge in [-0.2, -0.15) is 0 Å². The molecule has 1 heterocycles. The van der Waals surface area contributed by atoms with Crippen LogP contribution in [-0.4, -0.2) is 25.0 Å². The van der Waals surface area contributed by atoms with E-state index in [0.29, 0.717) is 5.69 Å². The van der Waals surface area contributed by atoms with Gasteiger partial charge in [-0.25, -0.2) is 4.98 Å². The lowest BCUT2D eigenvalue weighted by atomic mass is 10.1. The highest BCUT2D eigenvalue weighted by molar-refractivity contribution is 6.03. The van der Waals surface area contributed by atoms with E-state index in [1.165, 1.54) is 5.56 Å². The monoisotopic (exact) mass is 269 g/mol. The summed E-state index contributed by atoms with van der Waals surface area (Å²) in [7, 11) is 3.79. The maximum atomic E-state index is 12.2. The third kappa shape index (κ3) is 3.15. The molecule has 0 saturated carbocycles. The zero-order valence-electron chi connectivity index (χ0n) is 12.3. The predicted molar refractivity (Wildman–Crippen MR) is 82.4 cm³/mol. The second kappa shape index (κ2) is 5.74. The highest BCUT2D eigenvalue weighted by Crippen LogP contribution is 2.15. The Morgan fingerprint density at radius 2 is 1.85 bits per heavy atom. The first-order valence-corrected chi connectivity index (χ1v) is 6.50. The fourth-order valence-corrected chi connectivity index (χ4v) is 1.81. The standard InChI is InChI=1S/C16H19N3O/c1-11-8-9-13(10-12(11)2)17-16(20)14-6-5-7-15(18-14)19(3)4/h5-10H,1-4H3,(H,17,20). The van der Waals surface area contributed by atoms with Crippen LogP contribution in [-0.2, 0) is 0 Å². The number of benzene rings is 1. The summed E-state index contributed by atoms with van der Waals surface area (Å²) >= 11 is 0. The van der Waals surface area contributed by atoms with Crippen molar-refractivity contribution in [3.05, 3.63) is 53.2 Å². The van der Waals surface area contributed by atoms with E-state index in [2.05, 4.69) is 10.3 Å². The van der Waals surface area contributed by atoms with Crippen LogP contribution in [0.1, 0.15) is 21.6 Å². The lowest BCUT2D eigenvalue weighted by Gasteiger charge is -2.12. The molecule has 1 amide bonds. The number of aryl methyl sites for hydroxylation is 2. The van der Waals surface area contributed by atoms with E-state index in [0.717, 1.165) is 17.1 Å². The molecule has 0 aliphatic rings. The largest absolute Gasteiger partial charge is 0.363 e. The number of nitrogens with one attached hydrogen (secondary N) is 1. The summed E-state index contributed by atoms with van der Waals surface area (Å²) in [5.41, 5.74) is 3.55. The Kier molecular flexibility index (Phi) is 4.03. The normalized spacial score (nSPS) is 10.2. The molecule has 0 unspecified atom stereocenters. The number of aromatic nitrogens is 1. The molecular weight excluding hydrogens is 250 g/mol. The van der Waals surface area contributed by atoms with E-state index < -0.39 is 0 Å². The van der Waals surface area contributed by atoms with Crippen LogP contribution in [0.3, 0.4) is 0 Å². The average molecular weight is 269 g/mol. The summed E-state index contributed by atoms with van der Waals surface area (Å²) in [6.07, 6.45) is 0. The molecule has 1 aromatic carbocycles. The van der Waals surface area contributed by atoms with Crippen LogP contribution < -0.4 is 10.2 Å². The molecule has 4 heteroatoms. The molecule has 0 radical (unpaired) electrons. The van der Waals surface area contributed by atoms with Gasteiger partial charge in [0.2, 0.25) is 0 Å². The van der Waals surface area contributed by atoms with Gasteiger partial charge in [-0.15, -0.1) is 0 Å². The number of nitrogens with zero attached hydrogens (tertiary/aromatic N) is 2. The minimum atomic E-state index is -0.197. The van der Waals surface area contributed by atoms with Crippen LogP contribution in [0, 0.1) is 13.8 Å². The maximum Gasteiger partial charge on any atom is 0.274 e. The second-order valence-corrected chi connectivity index (χ2v) is 5.03. The zero-order valence-corrected chi connectivity index (χ0v) is 12.3. The fraction of sp³-hybridized carbons (Fsp3) is 0.250. The van der Waals surface area contributed by atoms with Gasteiger partial charge < -0.3 is 10.2 Å². The molecule has 1 aromatic heterocycles. The Morgan fingerprint density at radius 1 is 1.10 bits per heavy atom. The minimum Gasteiger partial charge on any atom is -0.363 e. The summed E-state index contributed by atoms with van der Waals surface area (Å²) < 4.78 is 0. The molecule has 0 saturated heterocycles. The Balaban J connectivity index is 2.19. The summed E-state index contributed by atoms with van der Waals surface area (Å²) in [6.45, 7) is 4.07. The number of carbonyl (C=O) groups is 1. The van der Waals surface area contributed by atoms with Gasteiger partial charge in [0.1, 0.15) is 11.5 Å². The van der Waals surface area contributed by atoms with Crippen molar-refractivity contribution in [3.8, 4) is 0 Å². The first kappa shape index (κ1) is 14.1. The number of anilines is 2. The van der Waals surface area contributed by atoms with Crippen LogP contribution in [0.15, 0.2) is 36.4 Å². The van der Waals surface area contributed by atoms with Crippen LogP contribution in [0.4, 0.5) is 11.5 Å². The summed E-state index contributed by atoms with van der Waals surface area (Å²) in [5.74, 6) is 0.565. The smallest absolute Gasteiger partial charge is 0.274 e. The Bertz CT molecular complexity index is 635. The van der Waals surface area contributed by atoms with Gasteiger partial charge in [0.25, 0.3) is 5.91 Å². The van der Waals surface area contributed by atoms with Gasteiger partial charge in [0.15, 0.2) is 0 Å². The lowest BCUT2D eigenvalue weighted by molar-refractivity contribution is 0.102. The van der Waals surface area contributed by atoms with Crippen LogP contribution in [0.5, 0.6) is 0 Å². The molecule has 2 aromatic rings. The number of hydrogen-bond acceptors (Lipinski definition) is 3. The Morgan fingerprint density at radius 3 is 2.50 bits per heavy atom. The fourth-order valence-electron chi connectivity index (χ4n) is 1.81. The zero-order chi connectivity index (χ0) is 14.7. The maximum absolute atomic E-state index is 12.2. The molecule has 0 aliphatic heterocycles. The van der Waals surface area contributed by atoms with Crippen molar-refractivity contribution < 1.29 is 4.79 Å². The molecular formula is C16H19N3O. The van der Waals surface area contributed by atoms with E-state index in [9.17, 15) is 4.79 Å². The van der Waals surface area contributed by atoms with E-state index in [1.54, 1.807) is 6.07 Å². The topological polar surface area (TPSA) is 45.2 Å². The summed E-state index contributed by atoms with van der Waals surface area (Å²) in [5, 5.41) is 2.87. The molecule has 0 spiro atoms. The first-order chi connectivity index (χ1) is 9.47. The predicted octanol–water partition coefficient (Wildman–Crippen LogP) is 3.02. The lowest BCUT2D eigenvalue weighted by Crippen LogP contribution is -2.17. The molecule has 20 heavy (non-hydrogen) atoms. The van der Waals surface area contributed by atoms with Crippen molar-refractivity contribution in [2.45, 2.75) is 13.8 Å². The van der Waals surface area contributed by atoms with Gasteiger partial charge in [-0.05, 0) is 49.2 Å². The van der Waals surface area contributed by atoms with Gasteiger partial charge >= 0.3 is 0 Å². The molecule has 104 valence electrons. The van der Waals surface area contributed by atoms with Crippen molar-refractivity contribution in [1.82, 2.24) is 4.98 Å². The van der Waals surface area contributed by atoms with Crippen LogP contribution in [0.25, 0.3) is 0 Å². The van der Waals surface area contributed by atoms with E-state index in [1.807, 2.05) is 63.2 Å². The van der Waals surface area contributed by atoms with Gasteiger partial charge in [-0.1, -0.05) is 12.1 Å². The minimum absolute atomic E-state index is 0.197. The van der Waals surface area contributed by atoms with Crippen LogP contribution >= 0.6 is 0 Å². The number of pyridine rings is 1. The highest BCUT2D eigenvalue weighted by Gasteiger charge is 2.09. The van der Waals surface area contributed by atoms with Gasteiger partial charge in [0.05, 0.1) is 0 Å². The number of carbonyl (C=O) groups excluding carboxylic acids is 1. The number of amides is 1. The van der Waals surface area contributed by atoms with Crippen molar-refractivity contribution in [1.29, 1.82) is 0 Å². The number of rotatable bonds is 3. The van der Waals surface area contributed by atoms with Crippen LogP contribution in [0.2, 0.25) is 0 Å². The molecule has 0 aliphatic carbocycles. The second-order valence-electron chi connectivity index (χ2n) is 5.03. The van der Waals surface area contributed by atoms with E-state index in [-0.39, 0.29) is 5.91 Å². The molecule has 0 bridgehead atoms.